The summed E-state index contributed by atoms with van der Waals surface area (Å²) in [6.07, 6.45) is 5.06. The third kappa shape index (κ3) is 3.58. The van der Waals surface area contributed by atoms with Crippen molar-refractivity contribution in [1.82, 2.24) is 18.8 Å². The van der Waals surface area contributed by atoms with E-state index in [0.717, 1.165) is 17.0 Å². The molecule has 27 heavy (non-hydrogen) atoms. The van der Waals surface area contributed by atoms with Crippen molar-refractivity contribution >= 4 is 10.0 Å². The lowest BCUT2D eigenvalue weighted by atomic mass is 10.2. The molecule has 0 saturated heterocycles. The Morgan fingerprint density at radius 2 is 2.07 bits per heavy atom. The number of imidazole rings is 1. The summed E-state index contributed by atoms with van der Waals surface area (Å²) >= 11 is 0. The van der Waals surface area contributed by atoms with Crippen molar-refractivity contribution in [3.05, 3.63) is 72.1 Å². The van der Waals surface area contributed by atoms with Crippen LogP contribution in [-0.2, 0) is 29.7 Å². The largest absolute Gasteiger partial charge is 0.486 e. The van der Waals surface area contributed by atoms with Gasteiger partial charge in [0.05, 0.1) is 29.7 Å². The molecule has 2 aromatic heterocycles. The highest BCUT2D eigenvalue weighted by Crippen LogP contribution is 2.24. The summed E-state index contributed by atoms with van der Waals surface area (Å²) in [5.74, 6) is 0.652. The molecule has 8 heteroatoms. The first-order valence-corrected chi connectivity index (χ1v) is 10.1. The van der Waals surface area contributed by atoms with Gasteiger partial charge in [0, 0.05) is 19.3 Å². The number of sulfonamides is 1. The molecule has 0 atom stereocenters. The Balaban J connectivity index is 1.55. The summed E-state index contributed by atoms with van der Waals surface area (Å²) in [6.45, 7) is 3.43. The maximum absolute atomic E-state index is 13.0. The van der Waals surface area contributed by atoms with Gasteiger partial charge in [0.2, 0.25) is 10.0 Å². The van der Waals surface area contributed by atoms with Crippen LogP contribution in [0.4, 0.5) is 0 Å². The Bertz CT molecular complexity index is 1050. The lowest BCUT2D eigenvalue weighted by molar-refractivity contribution is 0.291. The first-order valence-electron chi connectivity index (χ1n) is 8.66. The Kier molecular flexibility index (Phi) is 4.67. The monoisotopic (exact) mass is 384 g/mol. The standard InChI is InChI=1S/C19H20N4O3S/c1-15-4-2-6-17(10-15)27(24,25)23-9-8-22-14-21-18(19(22)12-23)13-26-16-5-3-7-20-11-16/h2-7,10-11,14H,8-9,12-13H2,1H3. The number of rotatable bonds is 5. The van der Waals surface area contributed by atoms with Crippen molar-refractivity contribution < 1.29 is 13.2 Å². The quantitative estimate of drug-likeness (QED) is 0.675. The SMILES string of the molecule is Cc1cccc(S(=O)(=O)N2CCn3cnc(COc4cccnc4)c3C2)c1. The molecule has 3 heterocycles. The number of ether oxygens (including phenoxy) is 1. The molecule has 0 saturated carbocycles. The van der Waals surface area contributed by atoms with Gasteiger partial charge in [-0.05, 0) is 36.8 Å². The molecule has 0 amide bonds. The van der Waals surface area contributed by atoms with Crippen LogP contribution >= 0.6 is 0 Å². The van der Waals surface area contributed by atoms with E-state index in [0.29, 0.717) is 23.7 Å². The molecule has 1 aliphatic rings. The second-order valence-electron chi connectivity index (χ2n) is 6.46. The minimum atomic E-state index is -3.55. The number of aryl methyl sites for hydroxylation is 1. The molecule has 4 rings (SSSR count). The van der Waals surface area contributed by atoms with Gasteiger partial charge in [-0.1, -0.05) is 12.1 Å². The van der Waals surface area contributed by atoms with E-state index < -0.39 is 10.0 Å². The van der Waals surface area contributed by atoms with E-state index in [1.165, 1.54) is 4.31 Å². The molecule has 3 aromatic rings. The molecule has 1 aromatic carbocycles. The Morgan fingerprint density at radius 3 is 2.85 bits per heavy atom. The minimum Gasteiger partial charge on any atom is -0.486 e. The highest BCUT2D eigenvalue weighted by atomic mass is 32.2. The molecular formula is C19H20N4O3S. The summed E-state index contributed by atoms with van der Waals surface area (Å²) in [4.78, 5) is 8.75. The van der Waals surface area contributed by atoms with Crippen LogP contribution < -0.4 is 4.74 Å². The van der Waals surface area contributed by atoms with Crippen molar-refractivity contribution in [1.29, 1.82) is 0 Å². The second-order valence-corrected chi connectivity index (χ2v) is 8.40. The molecule has 140 valence electrons. The summed E-state index contributed by atoms with van der Waals surface area (Å²) in [5.41, 5.74) is 2.52. The first kappa shape index (κ1) is 17.7. The Morgan fingerprint density at radius 1 is 1.19 bits per heavy atom. The lowest BCUT2D eigenvalue weighted by Gasteiger charge is -2.28. The zero-order valence-corrected chi connectivity index (χ0v) is 15.8. The van der Waals surface area contributed by atoms with Crippen LogP contribution in [0.15, 0.2) is 60.0 Å². The highest BCUT2D eigenvalue weighted by molar-refractivity contribution is 7.89. The summed E-state index contributed by atoms with van der Waals surface area (Å²) in [7, 11) is -3.55. The van der Waals surface area contributed by atoms with Crippen LogP contribution in [0.3, 0.4) is 0 Å². The van der Waals surface area contributed by atoms with Gasteiger partial charge in [0.15, 0.2) is 0 Å². The van der Waals surface area contributed by atoms with Gasteiger partial charge >= 0.3 is 0 Å². The van der Waals surface area contributed by atoms with E-state index in [9.17, 15) is 8.42 Å². The predicted molar refractivity (Wildman–Crippen MR) is 99.6 cm³/mol. The summed E-state index contributed by atoms with van der Waals surface area (Å²) < 4.78 is 35.3. The van der Waals surface area contributed by atoms with Crippen LogP contribution in [-0.4, -0.2) is 33.8 Å². The first-order chi connectivity index (χ1) is 13.0. The zero-order valence-electron chi connectivity index (χ0n) is 14.9. The number of hydrogen-bond donors (Lipinski definition) is 0. The van der Waals surface area contributed by atoms with Gasteiger partial charge < -0.3 is 9.30 Å². The van der Waals surface area contributed by atoms with Crippen LogP contribution in [0.5, 0.6) is 5.75 Å². The van der Waals surface area contributed by atoms with Crippen molar-refractivity contribution in [2.45, 2.75) is 31.5 Å². The van der Waals surface area contributed by atoms with Gasteiger partial charge in [-0.3, -0.25) is 4.98 Å². The van der Waals surface area contributed by atoms with Gasteiger partial charge in [-0.25, -0.2) is 13.4 Å². The third-order valence-corrected chi connectivity index (χ3v) is 6.43. The van der Waals surface area contributed by atoms with E-state index in [2.05, 4.69) is 9.97 Å². The smallest absolute Gasteiger partial charge is 0.243 e. The highest BCUT2D eigenvalue weighted by Gasteiger charge is 2.30. The van der Waals surface area contributed by atoms with Gasteiger partial charge in [-0.15, -0.1) is 0 Å². The number of nitrogens with zero attached hydrogens (tertiary/aromatic N) is 4. The van der Waals surface area contributed by atoms with E-state index in [-0.39, 0.29) is 13.2 Å². The van der Waals surface area contributed by atoms with Crippen LogP contribution in [0.2, 0.25) is 0 Å². The van der Waals surface area contributed by atoms with E-state index in [1.54, 1.807) is 43.0 Å². The predicted octanol–water partition coefficient (Wildman–Crippen LogP) is 2.37. The number of hydrogen-bond acceptors (Lipinski definition) is 5. The molecule has 0 fully saturated rings. The van der Waals surface area contributed by atoms with E-state index in [1.807, 2.05) is 23.6 Å². The average Bonchev–Trinajstić information content (AvgIpc) is 3.09. The fraction of sp³-hybridized carbons (Fsp3) is 0.263. The van der Waals surface area contributed by atoms with Crippen molar-refractivity contribution in [2.24, 2.45) is 0 Å². The lowest BCUT2D eigenvalue weighted by Crippen LogP contribution is -2.38. The number of pyridine rings is 1. The third-order valence-electron chi connectivity index (χ3n) is 4.59. The average molecular weight is 384 g/mol. The molecule has 0 bridgehead atoms. The topological polar surface area (TPSA) is 77.3 Å². The van der Waals surface area contributed by atoms with Gasteiger partial charge in [-0.2, -0.15) is 4.31 Å². The molecular weight excluding hydrogens is 364 g/mol. The van der Waals surface area contributed by atoms with Gasteiger partial charge in [0.1, 0.15) is 18.1 Å². The summed E-state index contributed by atoms with van der Waals surface area (Å²) in [5, 5.41) is 0. The maximum Gasteiger partial charge on any atom is 0.243 e. The van der Waals surface area contributed by atoms with Gasteiger partial charge in [0.25, 0.3) is 0 Å². The molecule has 0 N–H and O–H groups in total. The number of fused-ring (bicyclic) bond motifs is 1. The number of aromatic nitrogens is 3. The number of benzene rings is 1. The van der Waals surface area contributed by atoms with Crippen molar-refractivity contribution in [2.75, 3.05) is 6.54 Å². The fourth-order valence-electron chi connectivity index (χ4n) is 3.12. The maximum atomic E-state index is 13.0. The molecule has 1 aliphatic heterocycles. The molecule has 7 nitrogen and oxygen atoms in total. The fourth-order valence-corrected chi connectivity index (χ4v) is 4.62. The Hall–Kier alpha value is -2.71. The van der Waals surface area contributed by atoms with E-state index in [4.69, 9.17) is 4.74 Å². The second kappa shape index (κ2) is 7.13. The molecule has 0 radical (unpaired) electrons. The summed E-state index contributed by atoms with van der Waals surface area (Å²) in [6, 6.07) is 10.6. The van der Waals surface area contributed by atoms with Crippen LogP contribution in [0, 0.1) is 6.92 Å². The molecule has 0 spiro atoms. The van der Waals surface area contributed by atoms with Crippen LogP contribution in [0.25, 0.3) is 0 Å². The van der Waals surface area contributed by atoms with Crippen molar-refractivity contribution in [3.8, 4) is 5.75 Å². The zero-order chi connectivity index (χ0) is 18.9. The van der Waals surface area contributed by atoms with Crippen molar-refractivity contribution in [3.63, 3.8) is 0 Å². The van der Waals surface area contributed by atoms with E-state index >= 15 is 0 Å². The normalized spacial score (nSPS) is 14.7. The molecule has 0 aliphatic carbocycles. The molecule has 0 unspecified atom stereocenters. The van der Waals surface area contributed by atoms with Crippen LogP contribution in [0.1, 0.15) is 17.0 Å². The minimum absolute atomic E-state index is 0.270. The Labute approximate surface area is 158 Å².